The molecule has 0 aromatic carbocycles. The number of nitrogens with zero attached hydrogens (tertiary/aromatic N) is 4. The summed E-state index contributed by atoms with van der Waals surface area (Å²) in [5.41, 5.74) is 1.94. The molecule has 0 aliphatic carbocycles. The number of amides is 1. The number of fused-ring (bicyclic) bond motifs is 1. The number of likely N-dealkylation sites (tertiary alicyclic amines) is 1. The number of hydrogen-bond acceptors (Lipinski definition) is 5. The van der Waals surface area contributed by atoms with Gasteiger partial charge in [-0.1, -0.05) is 6.07 Å². The van der Waals surface area contributed by atoms with Crippen molar-refractivity contribution in [1.82, 2.24) is 19.3 Å². The van der Waals surface area contributed by atoms with E-state index in [0.717, 1.165) is 11.3 Å². The molecule has 3 aromatic rings. The van der Waals surface area contributed by atoms with Crippen molar-refractivity contribution in [2.75, 3.05) is 13.1 Å². The second-order valence-electron chi connectivity index (χ2n) is 6.93. The Bertz CT molecular complexity index is 1050. The van der Waals surface area contributed by atoms with Crippen LogP contribution in [0.25, 0.3) is 5.65 Å². The first-order chi connectivity index (χ1) is 13.0. The van der Waals surface area contributed by atoms with Gasteiger partial charge in [-0.25, -0.2) is 4.98 Å². The van der Waals surface area contributed by atoms with Gasteiger partial charge in [0.05, 0.1) is 6.10 Å². The van der Waals surface area contributed by atoms with E-state index in [1.54, 1.807) is 36.4 Å². The number of carbonyl (C=O) groups excluding carboxylic acids is 1. The fourth-order valence-corrected chi connectivity index (χ4v) is 3.63. The second kappa shape index (κ2) is 6.92. The third-order valence-electron chi connectivity index (χ3n) is 5.10. The fourth-order valence-electron chi connectivity index (χ4n) is 3.63. The molecule has 27 heavy (non-hydrogen) atoms. The maximum atomic E-state index is 12.9. The van der Waals surface area contributed by atoms with Gasteiger partial charge in [-0.2, -0.15) is 0 Å². The first-order valence-electron chi connectivity index (χ1n) is 8.88. The molecule has 0 spiro atoms. The van der Waals surface area contributed by atoms with Gasteiger partial charge in [-0.05, 0) is 43.2 Å². The predicted molar refractivity (Wildman–Crippen MR) is 99.5 cm³/mol. The monoisotopic (exact) mass is 364 g/mol. The Labute approximate surface area is 155 Å². The van der Waals surface area contributed by atoms with Crippen molar-refractivity contribution in [2.45, 2.75) is 19.4 Å². The Kier molecular flexibility index (Phi) is 4.45. The molecule has 0 radical (unpaired) electrons. The topological polar surface area (TPSA) is 87.8 Å². The number of aryl methyl sites for hydroxylation is 1. The molecule has 4 heterocycles. The van der Waals surface area contributed by atoms with E-state index in [0.29, 0.717) is 18.6 Å². The highest BCUT2D eigenvalue weighted by molar-refractivity contribution is 5.94. The van der Waals surface area contributed by atoms with Crippen LogP contribution in [-0.4, -0.2) is 49.5 Å². The zero-order chi connectivity index (χ0) is 19.0. The minimum Gasteiger partial charge on any atom is -0.391 e. The lowest BCUT2D eigenvalue weighted by molar-refractivity contribution is 0.0762. The third-order valence-corrected chi connectivity index (χ3v) is 5.10. The zero-order valence-corrected chi connectivity index (χ0v) is 14.9. The Balaban J connectivity index is 1.59. The summed E-state index contributed by atoms with van der Waals surface area (Å²) in [5, 5.41) is 10.4. The van der Waals surface area contributed by atoms with E-state index < -0.39 is 6.10 Å². The summed E-state index contributed by atoms with van der Waals surface area (Å²) in [6.07, 6.45) is 4.79. The van der Waals surface area contributed by atoms with Crippen LogP contribution in [0, 0.1) is 12.8 Å². The number of aliphatic hydroxyl groups is 1. The quantitative estimate of drug-likeness (QED) is 0.751. The van der Waals surface area contributed by atoms with E-state index in [-0.39, 0.29) is 29.5 Å². The minimum absolute atomic E-state index is 0.0264. The lowest BCUT2D eigenvalue weighted by Crippen LogP contribution is -2.35. The van der Waals surface area contributed by atoms with Gasteiger partial charge < -0.3 is 10.0 Å². The van der Waals surface area contributed by atoms with Crippen LogP contribution in [0.2, 0.25) is 0 Å². The van der Waals surface area contributed by atoms with Crippen molar-refractivity contribution >= 4 is 11.6 Å². The molecule has 3 aromatic heterocycles. The summed E-state index contributed by atoms with van der Waals surface area (Å²) in [5.74, 6) is -0.462. The van der Waals surface area contributed by atoms with Crippen LogP contribution in [0.1, 0.15) is 21.6 Å². The maximum absolute atomic E-state index is 12.9. The largest absolute Gasteiger partial charge is 0.391 e. The van der Waals surface area contributed by atoms with Crippen LogP contribution < -0.4 is 5.56 Å². The molecule has 7 nitrogen and oxygen atoms in total. The van der Waals surface area contributed by atoms with Gasteiger partial charge in [0.2, 0.25) is 0 Å². The van der Waals surface area contributed by atoms with Gasteiger partial charge in [0, 0.05) is 43.3 Å². The van der Waals surface area contributed by atoms with Crippen molar-refractivity contribution < 1.29 is 9.90 Å². The summed E-state index contributed by atoms with van der Waals surface area (Å²) in [6.45, 7) is 2.41. The molecular formula is C20H20N4O3. The highest BCUT2D eigenvalue weighted by Crippen LogP contribution is 2.22. The molecule has 1 saturated heterocycles. The average Bonchev–Trinajstić information content (AvgIpc) is 3.03. The first-order valence-corrected chi connectivity index (χ1v) is 8.88. The maximum Gasteiger partial charge on any atom is 0.270 e. The molecule has 0 unspecified atom stereocenters. The minimum atomic E-state index is -0.625. The SMILES string of the molecule is Cc1cccc2ncc(C(=O)N3C[C@@H](Cc4ccncc4)[C@@H](O)C3)c(=O)n12. The van der Waals surface area contributed by atoms with E-state index >= 15 is 0 Å². The lowest BCUT2D eigenvalue weighted by atomic mass is 9.97. The van der Waals surface area contributed by atoms with Crippen LogP contribution in [0.3, 0.4) is 0 Å². The van der Waals surface area contributed by atoms with Crippen LogP contribution in [-0.2, 0) is 6.42 Å². The fraction of sp³-hybridized carbons (Fsp3) is 0.300. The number of aromatic nitrogens is 3. The number of hydrogen-bond donors (Lipinski definition) is 1. The predicted octanol–water partition coefficient (Wildman–Crippen LogP) is 1.07. The van der Waals surface area contributed by atoms with E-state index in [1.165, 1.54) is 10.6 Å². The second-order valence-corrected chi connectivity index (χ2v) is 6.93. The number of pyridine rings is 2. The van der Waals surface area contributed by atoms with Crippen LogP contribution in [0.5, 0.6) is 0 Å². The van der Waals surface area contributed by atoms with Crippen LogP contribution in [0.4, 0.5) is 0 Å². The average molecular weight is 364 g/mol. The van der Waals surface area contributed by atoms with E-state index in [1.807, 2.05) is 18.2 Å². The van der Waals surface area contributed by atoms with E-state index in [2.05, 4.69) is 9.97 Å². The third kappa shape index (κ3) is 3.21. The Morgan fingerprint density at radius 2 is 2.00 bits per heavy atom. The summed E-state index contributed by atoms with van der Waals surface area (Å²) < 4.78 is 1.44. The molecule has 1 fully saturated rings. The van der Waals surface area contributed by atoms with Crippen molar-refractivity contribution in [3.05, 3.63) is 76.1 Å². The zero-order valence-electron chi connectivity index (χ0n) is 14.9. The van der Waals surface area contributed by atoms with Gasteiger partial charge in [0.1, 0.15) is 11.2 Å². The summed E-state index contributed by atoms with van der Waals surface area (Å²) in [4.78, 5) is 35.5. The summed E-state index contributed by atoms with van der Waals surface area (Å²) >= 11 is 0. The van der Waals surface area contributed by atoms with Crippen molar-refractivity contribution in [1.29, 1.82) is 0 Å². The molecule has 1 aliphatic heterocycles. The first kappa shape index (κ1) is 17.4. The smallest absolute Gasteiger partial charge is 0.270 e. The van der Waals surface area contributed by atoms with Gasteiger partial charge in [0.15, 0.2) is 0 Å². The number of β-amino-alcohol motifs (C(OH)–C–C–N with tert-alkyl or cyclic N) is 1. The number of rotatable bonds is 3. The normalized spacial score (nSPS) is 19.6. The van der Waals surface area contributed by atoms with E-state index in [9.17, 15) is 14.7 Å². The molecule has 7 heteroatoms. The molecule has 0 saturated carbocycles. The van der Waals surface area contributed by atoms with E-state index in [4.69, 9.17) is 0 Å². The standard InChI is InChI=1S/C20H20N4O3/c1-13-3-2-4-18-22-10-16(20(27)24(13)18)19(26)23-11-15(17(25)12-23)9-14-5-7-21-8-6-14/h2-8,10,15,17,25H,9,11-12H2,1H3/t15-,17+/m1/s1. The molecule has 4 rings (SSSR count). The van der Waals surface area contributed by atoms with Crippen molar-refractivity contribution in [3.8, 4) is 0 Å². The van der Waals surface area contributed by atoms with Gasteiger partial charge in [-0.15, -0.1) is 0 Å². The molecule has 0 bridgehead atoms. The Morgan fingerprint density at radius 3 is 2.78 bits per heavy atom. The molecule has 138 valence electrons. The highest BCUT2D eigenvalue weighted by Gasteiger charge is 2.35. The highest BCUT2D eigenvalue weighted by atomic mass is 16.3. The van der Waals surface area contributed by atoms with Gasteiger partial charge >= 0.3 is 0 Å². The van der Waals surface area contributed by atoms with Crippen LogP contribution >= 0.6 is 0 Å². The molecule has 1 N–H and O–H groups in total. The Morgan fingerprint density at radius 1 is 1.22 bits per heavy atom. The molecular weight excluding hydrogens is 344 g/mol. The van der Waals surface area contributed by atoms with Crippen molar-refractivity contribution in [3.63, 3.8) is 0 Å². The Hall–Kier alpha value is -3.06. The summed E-state index contributed by atoms with van der Waals surface area (Å²) in [7, 11) is 0. The lowest BCUT2D eigenvalue weighted by Gasteiger charge is -2.16. The molecule has 2 atom stereocenters. The van der Waals surface area contributed by atoms with Gasteiger partial charge in [-0.3, -0.25) is 19.0 Å². The van der Waals surface area contributed by atoms with Crippen LogP contribution in [0.15, 0.2) is 53.7 Å². The number of aliphatic hydroxyl groups excluding tert-OH is 1. The summed E-state index contributed by atoms with van der Waals surface area (Å²) in [6, 6.07) is 9.15. The molecule has 1 aliphatic rings. The van der Waals surface area contributed by atoms with Crippen molar-refractivity contribution in [2.24, 2.45) is 5.92 Å². The van der Waals surface area contributed by atoms with Gasteiger partial charge in [0.25, 0.3) is 11.5 Å². The number of carbonyl (C=O) groups is 1. The molecule has 1 amide bonds.